The molecule has 1 N–H and O–H groups in total. The Bertz CT molecular complexity index is 170. The fraction of sp³-hybridized carbons (Fsp3) is 0.889. The van der Waals surface area contributed by atoms with Crippen molar-refractivity contribution >= 4 is 5.97 Å². The molecule has 0 spiro atoms. The van der Waals surface area contributed by atoms with Crippen molar-refractivity contribution in [3.8, 4) is 0 Å². The first-order valence-electron chi connectivity index (χ1n) is 4.52. The Hall–Kier alpha value is -0.530. The van der Waals surface area contributed by atoms with Gasteiger partial charge in [-0.05, 0) is 18.3 Å². The van der Waals surface area contributed by atoms with E-state index in [1.807, 2.05) is 0 Å². The lowest BCUT2D eigenvalue weighted by Gasteiger charge is -2.04. The largest absolute Gasteiger partial charge is 0.481 e. The Balaban J connectivity index is 1.85. The molecule has 2 atom stereocenters. The van der Waals surface area contributed by atoms with Gasteiger partial charge in [0.15, 0.2) is 0 Å². The molecule has 2 saturated carbocycles. The molecule has 2 nitrogen and oxygen atoms in total. The Labute approximate surface area is 66.6 Å². The molecule has 2 aliphatic carbocycles. The zero-order chi connectivity index (χ0) is 7.84. The van der Waals surface area contributed by atoms with E-state index in [-0.39, 0.29) is 5.92 Å². The van der Waals surface area contributed by atoms with Gasteiger partial charge in [-0.25, -0.2) is 0 Å². The van der Waals surface area contributed by atoms with Crippen LogP contribution in [0.5, 0.6) is 0 Å². The summed E-state index contributed by atoms with van der Waals surface area (Å²) in [5.41, 5.74) is 0. The molecule has 11 heavy (non-hydrogen) atoms. The fourth-order valence-corrected chi connectivity index (χ4v) is 2.41. The molecule has 0 aromatic heterocycles. The molecular weight excluding hydrogens is 140 g/mol. The van der Waals surface area contributed by atoms with Crippen LogP contribution in [0.3, 0.4) is 0 Å². The zero-order valence-corrected chi connectivity index (χ0v) is 6.62. The van der Waals surface area contributed by atoms with Crippen LogP contribution in [0.2, 0.25) is 0 Å². The maximum Gasteiger partial charge on any atom is 0.306 e. The summed E-state index contributed by atoms with van der Waals surface area (Å²) in [4.78, 5) is 10.5. The van der Waals surface area contributed by atoms with Gasteiger partial charge in [0.05, 0.1) is 5.92 Å². The lowest BCUT2D eigenvalue weighted by Crippen LogP contribution is -2.04. The van der Waals surface area contributed by atoms with E-state index >= 15 is 0 Å². The van der Waals surface area contributed by atoms with Gasteiger partial charge in [0.2, 0.25) is 0 Å². The van der Waals surface area contributed by atoms with E-state index < -0.39 is 5.97 Å². The van der Waals surface area contributed by atoms with Crippen LogP contribution in [0.15, 0.2) is 0 Å². The number of hydrogen-bond acceptors (Lipinski definition) is 1. The lowest BCUT2D eigenvalue weighted by atomic mass is 10.0. The monoisotopic (exact) mass is 154 g/mol. The normalized spacial score (nSPS) is 37.5. The van der Waals surface area contributed by atoms with Gasteiger partial charge in [-0.3, -0.25) is 4.79 Å². The SMILES string of the molecule is O=C(O)C1CC1C1CCCC1. The van der Waals surface area contributed by atoms with Crippen LogP contribution in [0, 0.1) is 17.8 Å². The van der Waals surface area contributed by atoms with E-state index in [1.165, 1.54) is 25.7 Å². The van der Waals surface area contributed by atoms with Gasteiger partial charge >= 0.3 is 5.97 Å². The highest BCUT2D eigenvalue weighted by Gasteiger charge is 2.47. The van der Waals surface area contributed by atoms with Gasteiger partial charge in [0, 0.05) is 0 Å². The fourth-order valence-electron chi connectivity index (χ4n) is 2.41. The topological polar surface area (TPSA) is 37.3 Å². The molecule has 0 amide bonds. The third-order valence-electron chi connectivity index (χ3n) is 3.16. The second-order valence-corrected chi connectivity index (χ2v) is 3.89. The molecule has 2 rings (SSSR count). The van der Waals surface area contributed by atoms with Crippen LogP contribution in [-0.4, -0.2) is 11.1 Å². The van der Waals surface area contributed by atoms with Gasteiger partial charge < -0.3 is 5.11 Å². The highest BCUT2D eigenvalue weighted by Crippen LogP contribution is 2.50. The summed E-state index contributed by atoms with van der Waals surface area (Å²) in [5, 5.41) is 8.68. The minimum absolute atomic E-state index is 0.0260. The average molecular weight is 154 g/mol. The first-order valence-corrected chi connectivity index (χ1v) is 4.52. The van der Waals surface area contributed by atoms with Crippen molar-refractivity contribution in [3.63, 3.8) is 0 Å². The van der Waals surface area contributed by atoms with Gasteiger partial charge in [0.1, 0.15) is 0 Å². The Morgan fingerprint density at radius 2 is 1.91 bits per heavy atom. The van der Waals surface area contributed by atoms with Crippen LogP contribution in [-0.2, 0) is 4.79 Å². The van der Waals surface area contributed by atoms with Crippen molar-refractivity contribution in [2.24, 2.45) is 17.8 Å². The van der Waals surface area contributed by atoms with Crippen molar-refractivity contribution in [1.82, 2.24) is 0 Å². The summed E-state index contributed by atoms with van der Waals surface area (Å²) in [7, 11) is 0. The van der Waals surface area contributed by atoms with E-state index in [0.717, 1.165) is 12.3 Å². The van der Waals surface area contributed by atoms with Gasteiger partial charge in [-0.1, -0.05) is 25.7 Å². The Morgan fingerprint density at radius 3 is 2.36 bits per heavy atom. The van der Waals surface area contributed by atoms with Crippen molar-refractivity contribution < 1.29 is 9.90 Å². The van der Waals surface area contributed by atoms with Gasteiger partial charge in [-0.15, -0.1) is 0 Å². The third-order valence-corrected chi connectivity index (χ3v) is 3.16. The molecule has 0 heterocycles. The molecule has 0 saturated heterocycles. The maximum absolute atomic E-state index is 10.5. The predicted octanol–water partition coefficient (Wildman–Crippen LogP) is 1.90. The molecular formula is C9H14O2. The maximum atomic E-state index is 10.5. The molecule has 0 aromatic rings. The quantitative estimate of drug-likeness (QED) is 0.659. The van der Waals surface area contributed by atoms with E-state index in [9.17, 15) is 4.79 Å². The Morgan fingerprint density at radius 1 is 1.27 bits per heavy atom. The van der Waals surface area contributed by atoms with Crippen molar-refractivity contribution in [2.75, 3.05) is 0 Å². The number of rotatable bonds is 2. The smallest absolute Gasteiger partial charge is 0.306 e. The standard InChI is InChI=1S/C9H14O2/c10-9(11)8-5-7(8)6-3-1-2-4-6/h6-8H,1-5H2,(H,10,11). The zero-order valence-electron chi connectivity index (χ0n) is 6.62. The summed E-state index contributed by atoms with van der Waals surface area (Å²) in [6, 6.07) is 0. The third kappa shape index (κ3) is 1.26. The van der Waals surface area contributed by atoms with Crippen LogP contribution >= 0.6 is 0 Å². The summed E-state index contributed by atoms with van der Waals surface area (Å²) in [6.45, 7) is 0. The molecule has 2 unspecified atom stereocenters. The molecule has 2 aliphatic rings. The molecule has 2 fully saturated rings. The number of hydrogen-bond donors (Lipinski definition) is 1. The second-order valence-electron chi connectivity index (χ2n) is 3.89. The minimum atomic E-state index is -0.568. The number of carbonyl (C=O) groups is 1. The first kappa shape index (κ1) is 7.14. The minimum Gasteiger partial charge on any atom is -0.481 e. The highest BCUT2D eigenvalue weighted by molar-refractivity contribution is 5.73. The van der Waals surface area contributed by atoms with Crippen LogP contribution < -0.4 is 0 Å². The van der Waals surface area contributed by atoms with Crippen LogP contribution in [0.25, 0.3) is 0 Å². The molecule has 0 aromatic carbocycles. The average Bonchev–Trinajstić information content (AvgIpc) is 2.60. The van der Waals surface area contributed by atoms with Gasteiger partial charge in [-0.2, -0.15) is 0 Å². The molecule has 62 valence electrons. The lowest BCUT2D eigenvalue weighted by molar-refractivity contribution is -0.139. The van der Waals surface area contributed by atoms with Crippen LogP contribution in [0.4, 0.5) is 0 Å². The number of carboxylic acids is 1. The van der Waals surface area contributed by atoms with E-state index in [4.69, 9.17) is 5.11 Å². The summed E-state index contributed by atoms with van der Waals surface area (Å²) in [6.07, 6.45) is 6.18. The van der Waals surface area contributed by atoms with Crippen molar-refractivity contribution in [1.29, 1.82) is 0 Å². The predicted molar refractivity (Wildman–Crippen MR) is 41.2 cm³/mol. The molecule has 2 heteroatoms. The van der Waals surface area contributed by atoms with E-state index in [0.29, 0.717) is 5.92 Å². The van der Waals surface area contributed by atoms with Crippen molar-refractivity contribution in [2.45, 2.75) is 32.1 Å². The Kier molecular flexibility index (Phi) is 1.63. The summed E-state index contributed by atoms with van der Waals surface area (Å²) >= 11 is 0. The molecule has 0 radical (unpaired) electrons. The molecule has 0 aliphatic heterocycles. The van der Waals surface area contributed by atoms with Gasteiger partial charge in [0.25, 0.3) is 0 Å². The van der Waals surface area contributed by atoms with E-state index in [2.05, 4.69) is 0 Å². The number of aliphatic carboxylic acids is 1. The summed E-state index contributed by atoms with van der Waals surface area (Å²) in [5.74, 6) is 0.770. The summed E-state index contributed by atoms with van der Waals surface area (Å²) < 4.78 is 0. The van der Waals surface area contributed by atoms with Crippen LogP contribution in [0.1, 0.15) is 32.1 Å². The second kappa shape index (κ2) is 2.50. The van der Waals surface area contributed by atoms with E-state index in [1.54, 1.807) is 0 Å². The molecule has 0 bridgehead atoms. The first-order chi connectivity index (χ1) is 5.29. The highest BCUT2D eigenvalue weighted by atomic mass is 16.4. The van der Waals surface area contributed by atoms with Crippen molar-refractivity contribution in [3.05, 3.63) is 0 Å². The number of carboxylic acid groups (broad SMARTS) is 1.